The standard InChI is InChI=1S/C17H27N3S/c1-5-6-7-12-21-16-10-8-15(9-11-16)19-14(4)20-17(18)13(2)3/h8-11H,5-7,12,18H2,1-4H3,(H,19,20). The van der Waals surface area contributed by atoms with Crippen LogP contribution in [-0.2, 0) is 0 Å². The zero-order valence-electron chi connectivity index (χ0n) is 13.6. The van der Waals surface area contributed by atoms with E-state index in [0.717, 1.165) is 17.1 Å². The first-order valence-corrected chi connectivity index (χ1v) is 8.49. The van der Waals surface area contributed by atoms with Crippen molar-refractivity contribution in [1.29, 1.82) is 0 Å². The van der Waals surface area contributed by atoms with Gasteiger partial charge < -0.3 is 11.1 Å². The van der Waals surface area contributed by atoms with Gasteiger partial charge in [0.1, 0.15) is 11.7 Å². The number of rotatable bonds is 7. The molecule has 0 atom stereocenters. The lowest BCUT2D eigenvalue weighted by Crippen LogP contribution is -2.10. The normalized spacial score (nSPS) is 11.3. The van der Waals surface area contributed by atoms with Gasteiger partial charge in [-0.3, -0.25) is 0 Å². The molecule has 0 amide bonds. The van der Waals surface area contributed by atoms with Crippen molar-refractivity contribution in [2.24, 2.45) is 10.7 Å². The first-order valence-electron chi connectivity index (χ1n) is 7.51. The molecule has 0 radical (unpaired) electrons. The predicted octanol–water partition coefficient (Wildman–Crippen LogP) is 5.01. The molecule has 0 unspecified atom stereocenters. The van der Waals surface area contributed by atoms with Crippen molar-refractivity contribution in [3.8, 4) is 0 Å². The maximum atomic E-state index is 5.82. The summed E-state index contributed by atoms with van der Waals surface area (Å²) in [6, 6.07) is 8.47. The third kappa shape index (κ3) is 7.23. The number of hydrogen-bond acceptors (Lipinski definition) is 3. The van der Waals surface area contributed by atoms with Gasteiger partial charge in [-0.25, -0.2) is 4.99 Å². The van der Waals surface area contributed by atoms with E-state index in [0.29, 0.717) is 5.82 Å². The lowest BCUT2D eigenvalue weighted by atomic mass is 10.3. The molecule has 0 spiro atoms. The first-order chi connectivity index (χ1) is 10.0. The molecule has 0 heterocycles. The minimum atomic E-state index is 0.572. The summed E-state index contributed by atoms with van der Waals surface area (Å²) < 4.78 is 0. The quantitative estimate of drug-likeness (QED) is 0.322. The number of nitrogens with zero attached hydrogens (tertiary/aromatic N) is 1. The predicted molar refractivity (Wildman–Crippen MR) is 96.0 cm³/mol. The smallest absolute Gasteiger partial charge is 0.124 e. The number of amidine groups is 1. The number of nitrogens with two attached hydrogens (primary N) is 1. The van der Waals surface area contributed by atoms with Crippen LogP contribution in [0, 0.1) is 0 Å². The zero-order valence-corrected chi connectivity index (χ0v) is 14.4. The Morgan fingerprint density at radius 2 is 1.81 bits per heavy atom. The van der Waals surface area contributed by atoms with E-state index in [1.54, 1.807) is 0 Å². The van der Waals surface area contributed by atoms with Crippen molar-refractivity contribution in [1.82, 2.24) is 0 Å². The van der Waals surface area contributed by atoms with Crippen LogP contribution in [0.4, 0.5) is 5.69 Å². The molecular formula is C17H27N3S. The number of allylic oxidation sites excluding steroid dienone is 1. The van der Waals surface area contributed by atoms with E-state index in [1.165, 1.54) is 29.9 Å². The van der Waals surface area contributed by atoms with Gasteiger partial charge in [0.15, 0.2) is 0 Å². The Hall–Kier alpha value is -1.42. The lowest BCUT2D eigenvalue weighted by molar-refractivity contribution is 0.778. The highest BCUT2D eigenvalue weighted by Crippen LogP contribution is 2.21. The van der Waals surface area contributed by atoms with Gasteiger partial charge in [-0.05, 0) is 62.8 Å². The molecule has 1 aromatic rings. The summed E-state index contributed by atoms with van der Waals surface area (Å²) in [4.78, 5) is 5.64. The highest BCUT2D eigenvalue weighted by molar-refractivity contribution is 7.99. The number of thioether (sulfide) groups is 1. The topological polar surface area (TPSA) is 50.4 Å². The summed E-state index contributed by atoms with van der Waals surface area (Å²) in [5.41, 5.74) is 7.88. The summed E-state index contributed by atoms with van der Waals surface area (Å²) in [5.74, 6) is 2.57. The van der Waals surface area contributed by atoms with Gasteiger partial charge in [-0.1, -0.05) is 19.8 Å². The first kappa shape index (κ1) is 17.6. The van der Waals surface area contributed by atoms with Crippen LogP contribution in [0.1, 0.15) is 47.0 Å². The van der Waals surface area contributed by atoms with E-state index in [4.69, 9.17) is 5.73 Å². The summed E-state index contributed by atoms with van der Waals surface area (Å²) in [5, 5.41) is 3.26. The Morgan fingerprint density at radius 1 is 1.14 bits per heavy atom. The molecule has 0 saturated carbocycles. The molecular weight excluding hydrogens is 278 g/mol. The van der Waals surface area contributed by atoms with Crippen LogP contribution in [0.2, 0.25) is 0 Å². The average Bonchev–Trinajstić information content (AvgIpc) is 2.45. The molecule has 0 bridgehead atoms. The van der Waals surface area contributed by atoms with Gasteiger partial charge in [0.25, 0.3) is 0 Å². The van der Waals surface area contributed by atoms with E-state index in [2.05, 4.69) is 41.5 Å². The van der Waals surface area contributed by atoms with Crippen molar-refractivity contribution in [2.75, 3.05) is 11.1 Å². The molecule has 0 aliphatic heterocycles. The molecule has 1 rings (SSSR count). The molecule has 0 aliphatic carbocycles. The molecule has 116 valence electrons. The second kappa shape index (κ2) is 9.50. The van der Waals surface area contributed by atoms with Gasteiger partial charge in [0.05, 0.1) is 0 Å². The van der Waals surface area contributed by atoms with E-state index in [1.807, 2.05) is 32.5 Å². The maximum Gasteiger partial charge on any atom is 0.124 e. The van der Waals surface area contributed by atoms with Gasteiger partial charge in [-0.2, -0.15) is 0 Å². The Balaban J connectivity index is 2.53. The molecule has 3 nitrogen and oxygen atoms in total. The highest BCUT2D eigenvalue weighted by Gasteiger charge is 1.98. The van der Waals surface area contributed by atoms with Crippen LogP contribution in [0.3, 0.4) is 0 Å². The molecule has 0 aliphatic rings. The number of anilines is 1. The molecule has 0 fully saturated rings. The van der Waals surface area contributed by atoms with E-state index in [-0.39, 0.29) is 0 Å². The summed E-state index contributed by atoms with van der Waals surface area (Å²) in [7, 11) is 0. The van der Waals surface area contributed by atoms with Gasteiger partial charge in [0.2, 0.25) is 0 Å². The van der Waals surface area contributed by atoms with Crippen LogP contribution < -0.4 is 11.1 Å². The van der Waals surface area contributed by atoms with Crippen molar-refractivity contribution >= 4 is 23.3 Å². The Morgan fingerprint density at radius 3 is 2.38 bits per heavy atom. The van der Waals surface area contributed by atoms with Crippen LogP contribution >= 0.6 is 11.8 Å². The number of nitrogens with one attached hydrogen (secondary N) is 1. The highest BCUT2D eigenvalue weighted by atomic mass is 32.2. The lowest BCUT2D eigenvalue weighted by Gasteiger charge is -2.08. The minimum absolute atomic E-state index is 0.572. The third-order valence-corrected chi connectivity index (χ3v) is 4.09. The van der Waals surface area contributed by atoms with Crippen molar-refractivity contribution in [3.05, 3.63) is 35.7 Å². The zero-order chi connectivity index (χ0) is 15.7. The van der Waals surface area contributed by atoms with E-state index < -0.39 is 0 Å². The van der Waals surface area contributed by atoms with Crippen molar-refractivity contribution < 1.29 is 0 Å². The number of aliphatic imine (C=N–C) groups is 1. The van der Waals surface area contributed by atoms with Gasteiger partial charge in [0, 0.05) is 10.6 Å². The molecule has 4 heteroatoms. The molecule has 1 aromatic carbocycles. The SMILES string of the molecule is CCCCCSc1ccc(N/C(C)=N/C(N)=C(C)C)cc1. The summed E-state index contributed by atoms with van der Waals surface area (Å²) in [6.07, 6.45) is 3.87. The Labute approximate surface area is 133 Å². The third-order valence-electron chi connectivity index (χ3n) is 3.00. The fraction of sp³-hybridized carbons (Fsp3) is 0.471. The van der Waals surface area contributed by atoms with Crippen LogP contribution in [-0.4, -0.2) is 11.6 Å². The largest absolute Gasteiger partial charge is 0.384 e. The molecule has 0 aromatic heterocycles. The summed E-state index contributed by atoms with van der Waals surface area (Å²) >= 11 is 1.92. The van der Waals surface area contributed by atoms with Crippen LogP contribution in [0.15, 0.2) is 45.5 Å². The number of unbranched alkanes of at least 4 members (excludes halogenated alkanes) is 2. The van der Waals surface area contributed by atoms with Gasteiger partial charge >= 0.3 is 0 Å². The summed E-state index contributed by atoms with van der Waals surface area (Å²) in [6.45, 7) is 8.06. The second-order valence-corrected chi connectivity index (χ2v) is 6.46. The average molecular weight is 305 g/mol. The molecule has 0 saturated heterocycles. The monoisotopic (exact) mass is 305 g/mol. The van der Waals surface area contributed by atoms with Gasteiger partial charge in [-0.15, -0.1) is 11.8 Å². The fourth-order valence-corrected chi connectivity index (χ4v) is 2.62. The van der Waals surface area contributed by atoms with Crippen molar-refractivity contribution in [3.63, 3.8) is 0 Å². The second-order valence-electron chi connectivity index (χ2n) is 5.29. The van der Waals surface area contributed by atoms with E-state index in [9.17, 15) is 0 Å². The maximum absolute atomic E-state index is 5.82. The fourth-order valence-electron chi connectivity index (χ4n) is 1.71. The number of benzene rings is 1. The molecule has 3 N–H and O–H groups in total. The Bertz CT molecular complexity index is 485. The number of hydrogen-bond donors (Lipinski definition) is 2. The minimum Gasteiger partial charge on any atom is -0.384 e. The van der Waals surface area contributed by atoms with Crippen LogP contribution in [0.5, 0.6) is 0 Å². The van der Waals surface area contributed by atoms with E-state index >= 15 is 0 Å². The Kier molecular flexibility index (Phi) is 7.98. The molecule has 21 heavy (non-hydrogen) atoms. The van der Waals surface area contributed by atoms with Crippen molar-refractivity contribution in [2.45, 2.75) is 51.9 Å². The van der Waals surface area contributed by atoms with Crippen LogP contribution in [0.25, 0.3) is 0 Å².